The first-order valence-corrected chi connectivity index (χ1v) is 6.31. The van der Waals surface area contributed by atoms with Crippen molar-refractivity contribution in [2.75, 3.05) is 5.32 Å². The maximum absolute atomic E-state index is 4.14. The molecule has 0 radical (unpaired) electrons. The molecule has 0 saturated heterocycles. The van der Waals surface area contributed by atoms with Crippen LogP contribution in [0.4, 0.5) is 5.69 Å². The molecule has 82 valence electrons. The van der Waals surface area contributed by atoms with E-state index in [2.05, 4.69) is 46.1 Å². The Hall–Kier alpha value is -0.570. The lowest BCUT2D eigenvalue weighted by molar-refractivity contribution is 0.535. The standard InChI is InChI=1S/C12H17BrN2/c1-8(2)3-9-4-12(9)15-11-5-10(13)6-14-7-11/h5-9,12,15H,3-4H2,1-2H3. The maximum atomic E-state index is 4.14. The summed E-state index contributed by atoms with van der Waals surface area (Å²) in [6.07, 6.45) is 6.34. The fraction of sp³-hybridized carbons (Fsp3) is 0.583. The molecule has 1 N–H and O–H groups in total. The zero-order chi connectivity index (χ0) is 10.8. The van der Waals surface area contributed by atoms with Gasteiger partial charge < -0.3 is 5.32 Å². The van der Waals surface area contributed by atoms with Gasteiger partial charge in [0, 0.05) is 16.7 Å². The van der Waals surface area contributed by atoms with E-state index in [0.29, 0.717) is 6.04 Å². The van der Waals surface area contributed by atoms with E-state index >= 15 is 0 Å². The Labute approximate surface area is 99.6 Å². The van der Waals surface area contributed by atoms with Crippen molar-refractivity contribution in [1.82, 2.24) is 4.98 Å². The third kappa shape index (κ3) is 3.20. The van der Waals surface area contributed by atoms with Crippen molar-refractivity contribution in [2.24, 2.45) is 11.8 Å². The van der Waals surface area contributed by atoms with E-state index in [1.165, 1.54) is 12.8 Å². The van der Waals surface area contributed by atoms with Crippen LogP contribution in [0.2, 0.25) is 0 Å². The number of hydrogen-bond acceptors (Lipinski definition) is 2. The Morgan fingerprint density at radius 3 is 3.00 bits per heavy atom. The van der Waals surface area contributed by atoms with Crippen molar-refractivity contribution >= 4 is 21.6 Å². The van der Waals surface area contributed by atoms with Gasteiger partial charge in [-0.2, -0.15) is 0 Å². The second kappa shape index (κ2) is 4.52. The number of hydrogen-bond donors (Lipinski definition) is 1. The van der Waals surface area contributed by atoms with Gasteiger partial charge in [-0.15, -0.1) is 0 Å². The number of aromatic nitrogens is 1. The molecule has 0 spiro atoms. The minimum absolute atomic E-state index is 0.670. The molecule has 1 aromatic rings. The minimum Gasteiger partial charge on any atom is -0.381 e. The monoisotopic (exact) mass is 268 g/mol. The Morgan fingerprint density at radius 1 is 1.53 bits per heavy atom. The first-order valence-electron chi connectivity index (χ1n) is 5.52. The van der Waals surface area contributed by atoms with Gasteiger partial charge in [-0.1, -0.05) is 13.8 Å². The second-order valence-corrected chi connectivity index (χ2v) is 5.68. The predicted molar refractivity (Wildman–Crippen MR) is 66.9 cm³/mol. The van der Waals surface area contributed by atoms with Crippen LogP contribution in [0.25, 0.3) is 0 Å². The van der Waals surface area contributed by atoms with E-state index in [0.717, 1.165) is 22.0 Å². The Balaban J connectivity index is 1.84. The number of halogens is 1. The number of anilines is 1. The van der Waals surface area contributed by atoms with Gasteiger partial charge in [-0.3, -0.25) is 4.98 Å². The summed E-state index contributed by atoms with van der Waals surface area (Å²) in [6, 6.07) is 2.75. The van der Waals surface area contributed by atoms with Crippen LogP contribution in [0, 0.1) is 11.8 Å². The third-order valence-electron chi connectivity index (χ3n) is 2.75. The summed E-state index contributed by atoms with van der Waals surface area (Å²) in [5.41, 5.74) is 1.13. The quantitative estimate of drug-likeness (QED) is 0.901. The fourth-order valence-electron chi connectivity index (χ4n) is 2.00. The molecule has 0 aromatic carbocycles. The van der Waals surface area contributed by atoms with Gasteiger partial charge >= 0.3 is 0 Å². The molecule has 1 aliphatic carbocycles. The molecule has 3 heteroatoms. The number of nitrogens with one attached hydrogen (secondary N) is 1. The Kier molecular flexibility index (Phi) is 3.29. The molecule has 1 heterocycles. The summed E-state index contributed by atoms with van der Waals surface area (Å²) in [5, 5.41) is 3.52. The number of rotatable bonds is 4. The molecule has 0 aliphatic heterocycles. The molecule has 0 amide bonds. The highest BCUT2D eigenvalue weighted by Gasteiger charge is 2.36. The summed E-state index contributed by atoms with van der Waals surface area (Å²) in [7, 11) is 0. The molecule has 15 heavy (non-hydrogen) atoms. The summed E-state index contributed by atoms with van der Waals surface area (Å²) >= 11 is 3.43. The van der Waals surface area contributed by atoms with Gasteiger partial charge in [0.15, 0.2) is 0 Å². The highest BCUT2D eigenvalue weighted by atomic mass is 79.9. The molecule has 2 unspecified atom stereocenters. The molecule has 1 aromatic heterocycles. The van der Waals surface area contributed by atoms with Crippen LogP contribution in [-0.2, 0) is 0 Å². The van der Waals surface area contributed by atoms with E-state index in [1.54, 1.807) is 0 Å². The number of nitrogens with zero attached hydrogens (tertiary/aromatic N) is 1. The van der Waals surface area contributed by atoms with Gasteiger partial charge in [0.1, 0.15) is 0 Å². The van der Waals surface area contributed by atoms with E-state index in [9.17, 15) is 0 Å². The highest BCUT2D eigenvalue weighted by molar-refractivity contribution is 9.10. The first-order chi connectivity index (χ1) is 7.15. The van der Waals surface area contributed by atoms with Crippen molar-refractivity contribution in [3.05, 3.63) is 22.9 Å². The lowest BCUT2D eigenvalue weighted by atomic mass is 10.1. The van der Waals surface area contributed by atoms with Crippen molar-refractivity contribution in [3.63, 3.8) is 0 Å². The van der Waals surface area contributed by atoms with Crippen LogP contribution >= 0.6 is 15.9 Å². The predicted octanol–water partition coefficient (Wildman–Crippen LogP) is 3.69. The average molecular weight is 269 g/mol. The fourth-order valence-corrected chi connectivity index (χ4v) is 2.36. The lowest BCUT2D eigenvalue weighted by Gasteiger charge is -2.07. The normalized spacial score (nSPS) is 24.3. The average Bonchev–Trinajstić information content (AvgIpc) is 2.82. The van der Waals surface area contributed by atoms with E-state index in [1.807, 2.05) is 12.4 Å². The van der Waals surface area contributed by atoms with Gasteiger partial charge in [-0.25, -0.2) is 0 Å². The van der Waals surface area contributed by atoms with Crippen LogP contribution in [0.1, 0.15) is 26.7 Å². The summed E-state index contributed by atoms with van der Waals surface area (Å²) < 4.78 is 1.04. The van der Waals surface area contributed by atoms with Gasteiger partial charge in [0.05, 0.1) is 11.9 Å². The minimum atomic E-state index is 0.670. The summed E-state index contributed by atoms with van der Waals surface area (Å²) in [5.74, 6) is 1.67. The van der Waals surface area contributed by atoms with Crippen LogP contribution in [-0.4, -0.2) is 11.0 Å². The highest BCUT2D eigenvalue weighted by Crippen LogP contribution is 2.38. The summed E-state index contributed by atoms with van der Waals surface area (Å²) in [6.45, 7) is 4.58. The van der Waals surface area contributed by atoms with Crippen LogP contribution in [0.5, 0.6) is 0 Å². The molecular formula is C12H17BrN2. The molecule has 2 rings (SSSR count). The Morgan fingerprint density at radius 2 is 2.33 bits per heavy atom. The van der Waals surface area contributed by atoms with Crippen LogP contribution in [0.3, 0.4) is 0 Å². The smallest absolute Gasteiger partial charge is 0.0540 e. The molecule has 0 bridgehead atoms. The molecule has 1 saturated carbocycles. The van der Waals surface area contributed by atoms with E-state index in [-0.39, 0.29) is 0 Å². The van der Waals surface area contributed by atoms with Crippen molar-refractivity contribution in [1.29, 1.82) is 0 Å². The molecule has 2 nitrogen and oxygen atoms in total. The van der Waals surface area contributed by atoms with Crippen LogP contribution in [0.15, 0.2) is 22.9 Å². The first kappa shape index (κ1) is 10.9. The van der Waals surface area contributed by atoms with Crippen LogP contribution < -0.4 is 5.32 Å². The largest absolute Gasteiger partial charge is 0.381 e. The molecule has 1 fully saturated rings. The van der Waals surface area contributed by atoms with E-state index < -0.39 is 0 Å². The van der Waals surface area contributed by atoms with Crippen molar-refractivity contribution in [2.45, 2.75) is 32.7 Å². The van der Waals surface area contributed by atoms with E-state index in [4.69, 9.17) is 0 Å². The van der Waals surface area contributed by atoms with Crippen molar-refractivity contribution in [3.8, 4) is 0 Å². The Bertz CT molecular complexity index is 338. The third-order valence-corrected chi connectivity index (χ3v) is 3.19. The van der Waals surface area contributed by atoms with Gasteiger partial charge in [0.2, 0.25) is 0 Å². The topological polar surface area (TPSA) is 24.9 Å². The zero-order valence-electron chi connectivity index (χ0n) is 9.20. The second-order valence-electron chi connectivity index (χ2n) is 4.77. The number of pyridine rings is 1. The molecular weight excluding hydrogens is 252 g/mol. The maximum Gasteiger partial charge on any atom is 0.0540 e. The zero-order valence-corrected chi connectivity index (χ0v) is 10.8. The molecule has 2 atom stereocenters. The summed E-state index contributed by atoms with van der Waals surface area (Å²) in [4.78, 5) is 4.14. The lowest BCUT2D eigenvalue weighted by Crippen LogP contribution is -2.06. The van der Waals surface area contributed by atoms with Crippen molar-refractivity contribution < 1.29 is 0 Å². The SMILES string of the molecule is CC(C)CC1CC1Nc1cncc(Br)c1. The molecule has 1 aliphatic rings. The van der Waals surface area contributed by atoms with Gasteiger partial charge in [-0.05, 0) is 46.7 Å². The van der Waals surface area contributed by atoms with Gasteiger partial charge in [0.25, 0.3) is 0 Å².